The van der Waals surface area contributed by atoms with Crippen LogP contribution in [0.4, 0.5) is 5.69 Å². The van der Waals surface area contributed by atoms with Crippen molar-refractivity contribution in [2.24, 2.45) is 0 Å². The summed E-state index contributed by atoms with van der Waals surface area (Å²) in [6.45, 7) is 1.73. The number of aromatic nitrogens is 2. The average Bonchev–Trinajstić information content (AvgIpc) is 2.67. The number of nitrogens with one attached hydrogen (secondary N) is 1. The first-order valence-electron chi connectivity index (χ1n) is 4.40. The molecule has 1 aromatic heterocycles. The lowest BCUT2D eigenvalue weighted by Crippen LogP contribution is -1.92. The van der Waals surface area contributed by atoms with Gasteiger partial charge in [-0.05, 0) is 24.3 Å². The maximum Gasteiger partial charge on any atom is 0.223 e. The number of amides is 1. The highest BCUT2D eigenvalue weighted by Crippen LogP contribution is 2.17. The molecule has 1 heterocycles. The van der Waals surface area contributed by atoms with Crippen molar-refractivity contribution in [1.82, 2.24) is 10.1 Å². The zero-order valence-corrected chi connectivity index (χ0v) is 8.10. The standard InChI is InChI=1S/C10H9N3O2/c1-7-12-10(13-15-7)8-2-4-9(5-3-8)11-6-14/h2-6H,1H3,(H,11,14). The van der Waals surface area contributed by atoms with E-state index in [-0.39, 0.29) is 0 Å². The average molecular weight is 203 g/mol. The van der Waals surface area contributed by atoms with Crippen LogP contribution in [0.1, 0.15) is 5.89 Å². The summed E-state index contributed by atoms with van der Waals surface area (Å²) < 4.78 is 4.86. The maximum atomic E-state index is 10.2. The highest BCUT2D eigenvalue weighted by molar-refractivity contribution is 5.72. The Morgan fingerprint density at radius 1 is 1.33 bits per heavy atom. The summed E-state index contributed by atoms with van der Waals surface area (Å²) in [7, 11) is 0. The molecule has 76 valence electrons. The van der Waals surface area contributed by atoms with Crippen LogP contribution in [0.2, 0.25) is 0 Å². The molecule has 0 saturated heterocycles. The molecule has 5 heteroatoms. The first-order chi connectivity index (χ1) is 7.29. The summed E-state index contributed by atoms with van der Waals surface area (Å²) >= 11 is 0. The van der Waals surface area contributed by atoms with Crippen molar-refractivity contribution in [2.75, 3.05) is 5.32 Å². The Balaban J connectivity index is 2.27. The summed E-state index contributed by atoms with van der Waals surface area (Å²) in [5.41, 5.74) is 1.58. The van der Waals surface area contributed by atoms with Gasteiger partial charge in [0.05, 0.1) is 0 Å². The molecule has 0 bridgehead atoms. The van der Waals surface area contributed by atoms with Gasteiger partial charge in [0.25, 0.3) is 0 Å². The van der Waals surface area contributed by atoms with Gasteiger partial charge in [-0.3, -0.25) is 4.79 Å². The Kier molecular flexibility index (Phi) is 2.45. The lowest BCUT2D eigenvalue weighted by Gasteiger charge is -1.98. The highest BCUT2D eigenvalue weighted by atomic mass is 16.5. The van der Waals surface area contributed by atoms with Crippen LogP contribution in [0.5, 0.6) is 0 Å². The lowest BCUT2D eigenvalue weighted by atomic mass is 10.2. The number of nitrogens with zero attached hydrogens (tertiary/aromatic N) is 2. The van der Waals surface area contributed by atoms with Crippen molar-refractivity contribution in [1.29, 1.82) is 0 Å². The molecule has 0 aliphatic carbocycles. The summed E-state index contributed by atoms with van der Waals surface area (Å²) in [4.78, 5) is 14.3. The third-order valence-corrected chi connectivity index (χ3v) is 1.90. The lowest BCUT2D eigenvalue weighted by molar-refractivity contribution is -0.105. The number of carbonyl (C=O) groups excluding carboxylic acids is 1. The third kappa shape index (κ3) is 2.01. The second-order valence-corrected chi connectivity index (χ2v) is 2.98. The fourth-order valence-corrected chi connectivity index (χ4v) is 1.20. The number of hydrogen-bond donors (Lipinski definition) is 1. The second-order valence-electron chi connectivity index (χ2n) is 2.98. The normalized spacial score (nSPS) is 9.93. The smallest absolute Gasteiger partial charge is 0.223 e. The molecule has 15 heavy (non-hydrogen) atoms. The van der Waals surface area contributed by atoms with Gasteiger partial charge in [-0.25, -0.2) is 0 Å². The SMILES string of the molecule is Cc1nc(-c2ccc(NC=O)cc2)no1. The summed E-state index contributed by atoms with van der Waals surface area (Å²) in [5, 5.41) is 6.33. The first kappa shape index (κ1) is 9.39. The number of hydrogen-bond acceptors (Lipinski definition) is 4. The zero-order chi connectivity index (χ0) is 10.7. The van der Waals surface area contributed by atoms with Gasteiger partial charge in [-0.1, -0.05) is 5.16 Å². The van der Waals surface area contributed by atoms with E-state index in [2.05, 4.69) is 15.5 Å². The minimum absolute atomic E-state index is 0.528. The largest absolute Gasteiger partial charge is 0.339 e. The van der Waals surface area contributed by atoms with E-state index in [1.54, 1.807) is 19.1 Å². The topological polar surface area (TPSA) is 68.0 Å². The minimum atomic E-state index is 0.528. The number of benzene rings is 1. The molecule has 0 radical (unpaired) electrons. The first-order valence-corrected chi connectivity index (χ1v) is 4.40. The van der Waals surface area contributed by atoms with Crippen LogP contribution in [-0.4, -0.2) is 16.6 Å². The van der Waals surface area contributed by atoms with Crippen LogP contribution < -0.4 is 5.32 Å². The summed E-state index contributed by atoms with van der Waals surface area (Å²) in [6, 6.07) is 7.18. The van der Waals surface area contributed by atoms with Crippen LogP contribution in [0.15, 0.2) is 28.8 Å². The van der Waals surface area contributed by atoms with Gasteiger partial charge >= 0.3 is 0 Å². The molecular formula is C10H9N3O2. The van der Waals surface area contributed by atoms with E-state index in [0.29, 0.717) is 18.1 Å². The minimum Gasteiger partial charge on any atom is -0.339 e. The maximum absolute atomic E-state index is 10.2. The number of anilines is 1. The molecule has 1 aromatic carbocycles. The molecule has 0 fully saturated rings. The van der Waals surface area contributed by atoms with E-state index in [9.17, 15) is 4.79 Å². The van der Waals surface area contributed by atoms with Gasteiger partial charge in [0.2, 0.25) is 18.1 Å². The van der Waals surface area contributed by atoms with Crippen molar-refractivity contribution in [3.05, 3.63) is 30.2 Å². The molecule has 0 aliphatic heterocycles. The van der Waals surface area contributed by atoms with Gasteiger partial charge in [0.1, 0.15) is 0 Å². The van der Waals surface area contributed by atoms with Crippen molar-refractivity contribution in [2.45, 2.75) is 6.92 Å². The predicted molar refractivity (Wildman–Crippen MR) is 54.2 cm³/mol. The quantitative estimate of drug-likeness (QED) is 0.769. The Morgan fingerprint density at radius 2 is 2.07 bits per heavy atom. The molecule has 0 unspecified atom stereocenters. The van der Waals surface area contributed by atoms with Crippen LogP contribution in [0.25, 0.3) is 11.4 Å². The van der Waals surface area contributed by atoms with E-state index in [1.165, 1.54) is 0 Å². The molecule has 2 aromatic rings. The molecule has 0 atom stereocenters. The third-order valence-electron chi connectivity index (χ3n) is 1.90. The van der Waals surface area contributed by atoms with Crippen molar-refractivity contribution < 1.29 is 9.32 Å². The van der Waals surface area contributed by atoms with Gasteiger partial charge < -0.3 is 9.84 Å². The van der Waals surface area contributed by atoms with Gasteiger partial charge in [-0.15, -0.1) is 0 Å². The van der Waals surface area contributed by atoms with Gasteiger partial charge in [0, 0.05) is 18.2 Å². The highest BCUT2D eigenvalue weighted by Gasteiger charge is 2.04. The van der Waals surface area contributed by atoms with Crippen LogP contribution in [0.3, 0.4) is 0 Å². The number of rotatable bonds is 3. The monoisotopic (exact) mass is 203 g/mol. The van der Waals surface area contributed by atoms with Gasteiger partial charge in [-0.2, -0.15) is 4.98 Å². The molecule has 1 amide bonds. The molecule has 2 rings (SSSR count). The molecule has 0 saturated carbocycles. The second kappa shape index (κ2) is 3.91. The molecule has 0 aliphatic rings. The Morgan fingerprint density at radius 3 is 2.60 bits per heavy atom. The number of aryl methyl sites for hydroxylation is 1. The van der Waals surface area contributed by atoms with Crippen LogP contribution >= 0.6 is 0 Å². The Labute approximate surface area is 86.1 Å². The fourth-order valence-electron chi connectivity index (χ4n) is 1.20. The molecular weight excluding hydrogens is 194 g/mol. The van der Waals surface area contributed by atoms with Crippen LogP contribution in [-0.2, 0) is 4.79 Å². The van der Waals surface area contributed by atoms with E-state index in [1.807, 2.05) is 12.1 Å². The summed E-state index contributed by atoms with van der Waals surface area (Å²) in [6.07, 6.45) is 0.632. The summed E-state index contributed by atoms with van der Waals surface area (Å²) in [5.74, 6) is 1.07. The Bertz CT molecular complexity index is 462. The van der Waals surface area contributed by atoms with E-state index in [0.717, 1.165) is 11.3 Å². The number of carbonyl (C=O) groups is 1. The van der Waals surface area contributed by atoms with E-state index >= 15 is 0 Å². The molecule has 5 nitrogen and oxygen atoms in total. The van der Waals surface area contributed by atoms with Gasteiger partial charge in [0.15, 0.2) is 0 Å². The van der Waals surface area contributed by atoms with Crippen molar-refractivity contribution >= 4 is 12.1 Å². The molecule has 1 N–H and O–H groups in total. The van der Waals surface area contributed by atoms with Crippen LogP contribution in [0, 0.1) is 6.92 Å². The molecule has 0 spiro atoms. The van der Waals surface area contributed by atoms with E-state index < -0.39 is 0 Å². The predicted octanol–water partition coefficient (Wildman–Crippen LogP) is 1.61. The Hall–Kier alpha value is -2.17. The fraction of sp³-hybridized carbons (Fsp3) is 0.100. The van der Waals surface area contributed by atoms with Crippen molar-refractivity contribution in [3.8, 4) is 11.4 Å². The van der Waals surface area contributed by atoms with E-state index in [4.69, 9.17) is 4.52 Å². The zero-order valence-electron chi connectivity index (χ0n) is 8.10. The van der Waals surface area contributed by atoms with Crippen molar-refractivity contribution in [3.63, 3.8) is 0 Å².